The van der Waals surface area contributed by atoms with Crippen LogP contribution in [-0.4, -0.2) is 44.1 Å². The van der Waals surface area contributed by atoms with Crippen LogP contribution in [0.1, 0.15) is 66.8 Å². The molecule has 0 aliphatic carbocycles. The van der Waals surface area contributed by atoms with Gasteiger partial charge in [0.15, 0.2) is 16.5 Å². The van der Waals surface area contributed by atoms with Gasteiger partial charge >= 0.3 is 0 Å². The summed E-state index contributed by atoms with van der Waals surface area (Å²) in [4.78, 5) is 5.30. The topological polar surface area (TPSA) is 37.6 Å². The molecule has 0 amide bonds. The summed E-state index contributed by atoms with van der Waals surface area (Å²) in [5, 5.41) is 0. The second-order valence-electron chi connectivity index (χ2n) is 12.6. The molecular weight excluding hydrogens is 460 g/mol. The third kappa shape index (κ3) is 8.07. The highest BCUT2D eigenvalue weighted by Crippen LogP contribution is 2.63. The fourth-order valence-electron chi connectivity index (χ4n) is 4.80. The van der Waals surface area contributed by atoms with Crippen LogP contribution in [0.5, 0.6) is 0 Å². The van der Waals surface area contributed by atoms with Gasteiger partial charge in [0.1, 0.15) is 0 Å². The van der Waals surface area contributed by atoms with Crippen LogP contribution < -0.4 is 0 Å². The molecule has 0 aromatic carbocycles. The Balaban J connectivity index is 3.57. The largest absolute Gasteiger partial charge is 0.337 e. The van der Waals surface area contributed by atoms with Crippen molar-refractivity contribution < 1.29 is 0 Å². The van der Waals surface area contributed by atoms with Crippen LogP contribution in [0.25, 0.3) is 0 Å². The molecule has 0 atom stereocenters. The second-order valence-corrected chi connectivity index (χ2v) is 31.2. The number of pyridine rings is 1. The molecule has 0 aliphatic heterocycles. The minimum Gasteiger partial charge on any atom is -0.337 e. The monoisotopic (exact) mass is 513 g/mol. The first-order chi connectivity index (χ1) is 14.3. The number of hydrogen-bond acceptors (Lipinski definition) is 3. The highest BCUT2D eigenvalue weighted by Gasteiger charge is 2.33. The molecule has 0 radical (unpaired) electrons. The van der Waals surface area contributed by atoms with Gasteiger partial charge in [0.25, 0.3) is 0 Å². The molecule has 0 aliphatic rings. The number of hydrogen-bond donors (Lipinski definition) is 0. The lowest BCUT2D eigenvalue weighted by molar-refractivity contribution is 0.949. The third-order valence-corrected chi connectivity index (χ3v) is 22.8. The SMILES string of the molecule is CC(C)P(Cc1cccc(CP(=N[Si](C)(C)C)(C(C)C)C(C)C)n1)(=N[Si](C)(C)C)C(C)C. The lowest BCUT2D eigenvalue weighted by Gasteiger charge is -2.37. The van der Waals surface area contributed by atoms with E-state index in [4.69, 9.17) is 13.8 Å². The number of nitrogens with zero attached hydrogens (tertiary/aromatic N) is 3. The van der Waals surface area contributed by atoms with Gasteiger partial charge in [0, 0.05) is 23.7 Å². The minimum absolute atomic E-state index is 0.597. The predicted molar refractivity (Wildman–Crippen MR) is 158 cm³/mol. The van der Waals surface area contributed by atoms with E-state index in [9.17, 15) is 0 Å². The standard InChI is InChI=1S/C25H53N3P2Si2/c1-20(2)29(21(3)4,27-31(9,10)11)18-24-16-15-17-25(26-24)19-30(22(5)6,23(7)8)28-32(12,13)14/h15-17,20-23H,18-19H2,1-14H3. The molecule has 0 fully saturated rings. The highest BCUT2D eigenvalue weighted by molar-refractivity contribution is 7.68. The van der Waals surface area contributed by atoms with Crippen molar-refractivity contribution in [3.05, 3.63) is 29.6 Å². The minimum atomic E-state index is -1.54. The maximum absolute atomic E-state index is 5.65. The Bertz CT molecular complexity index is 769. The highest BCUT2D eigenvalue weighted by atomic mass is 31.2. The lowest BCUT2D eigenvalue weighted by Crippen LogP contribution is -2.22. The van der Waals surface area contributed by atoms with Gasteiger partial charge in [-0.3, -0.25) is 4.98 Å². The van der Waals surface area contributed by atoms with Crippen LogP contribution in [0.15, 0.2) is 27.0 Å². The molecule has 1 rings (SSSR count). The zero-order valence-corrected chi connectivity index (χ0v) is 27.5. The van der Waals surface area contributed by atoms with Crippen molar-refractivity contribution in [2.24, 2.45) is 8.82 Å². The van der Waals surface area contributed by atoms with E-state index in [1.807, 2.05) is 0 Å². The maximum Gasteiger partial charge on any atom is 0.170 e. The summed E-state index contributed by atoms with van der Waals surface area (Å²) in [7, 11) is -6.10. The summed E-state index contributed by atoms with van der Waals surface area (Å²) in [6, 6.07) is 6.75. The van der Waals surface area contributed by atoms with Gasteiger partial charge in [0.2, 0.25) is 0 Å². The maximum atomic E-state index is 5.65. The van der Waals surface area contributed by atoms with Crippen molar-refractivity contribution in [2.45, 2.75) is 130 Å². The molecule has 0 unspecified atom stereocenters. The summed E-state index contributed by atoms with van der Waals surface area (Å²) < 4.78 is 11.3. The zero-order valence-electron chi connectivity index (χ0n) is 23.7. The third-order valence-electron chi connectivity index (χ3n) is 6.24. The molecule has 3 nitrogen and oxygen atoms in total. The van der Waals surface area contributed by atoms with Gasteiger partial charge in [-0.2, -0.15) is 0 Å². The lowest BCUT2D eigenvalue weighted by atomic mass is 10.3. The van der Waals surface area contributed by atoms with Crippen molar-refractivity contribution in [1.29, 1.82) is 0 Å². The molecular formula is C25H53N3P2Si2. The Hall–Kier alpha value is 0.0438. The Morgan fingerprint density at radius 1 is 0.625 bits per heavy atom. The molecule has 7 heteroatoms. The molecule has 186 valence electrons. The summed E-state index contributed by atoms with van der Waals surface area (Å²) in [6.45, 7) is 33.5. The van der Waals surface area contributed by atoms with Crippen molar-refractivity contribution in [3.8, 4) is 0 Å². The summed E-state index contributed by atoms with van der Waals surface area (Å²) >= 11 is 0. The van der Waals surface area contributed by atoms with Crippen molar-refractivity contribution >= 4 is 30.6 Å². The first-order valence-corrected chi connectivity index (χ1v) is 23.6. The van der Waals surface area contributed by atoms with Crippen LogP contribution in [0, 0.1) is 0 Å². The van der Waals surface area contributed by atoms with E-state index in [0.29, 0.717) is 22.6 Å². The first kappa shape index (κ1) is 30.1. The van der Waals surface area contributed by atoms with Gasteiger partial charge in [-0.1, -0.05) is 101 Å². The van der Waals surface area contributed by atoms with Crippen LogP contribution >= 0.6 is 14.1 Å². The van der Waals surface area contributed by atoms with Crippen molar-refractivity contribution in [3.63, 3.8) is 0 Å². The van der Waals surface area contributed by atoms with Crippen LogP contribution in [0.2, 0.25) is 39.3 Å². The fourth-order valence-corrected chi connectivity index (χ4v) is 23.2. The Kier molecular flexibility index (Phi) is 10.5. The second kappa shape index (κ2) is 11.2. The first-order valence-electron chi connectivity index (χ1n) is 12.5. The molecule has 1 aromatic heterocycles. The average Bonchev–Trinajstić information content (AvgIpc) is 2.57. The predicted octanol–water partition coefficient (Wildman–Crippen LogP) is 9.79. The van der Waals surface area contributed by atoms with Crippen LogP contribution in [0.4, 0.5) is 0 Å². The Morgan fingerprint density at radius 2 is 0.906 bits per heavy atom. The van der Waals surface area contributed by atoms with E-state index in [1.54, 1.807) is 0 Å². The Labute approximate surface area is 203 Å². The van der Waals surface area contributed by atoms with E-state index in [1.165, 1.54) is 11.4 Å². The Morgan fingerprint density at radius 3 is 1.12 bits per heavy atom. The van der Waals surface area contributed by atoms with E-state index < -0.39 is 30.6 Å². The van der Waals surface area contributed by atoms with Gasteiger partial charge in [-0.15, -0.1) is 0 Å². The van der Waals surface area contributed by atoms with Crippen molar-refractivity contribution in [2.75, 3.05) is 0 Å². The number of rotatable bonds is 10. The van der Waals surface area contributed by atoms with Crippen LogP contribution in [-0.2, 0) is 12.3 Å². The fraction of sp³-hybridized carbons (Fsp3) is 0.800. The molecule has 0 spiro atoms. The molecule has 1 heterocycles. The molecule has 0 N–H and O–H groups in total. The van der Waals surface area contributed by atoms with Gasteiger partial charge in [-0.25, -0.2) is 0 Å². The van der Waals surface area contributed by atoms with E-state index >= 15 is 0 Å². The molecule has 0 saturated heterocycles. The normalized spacial score (nSPS) is 14.1. The van der Waals surface area contributed by atoms with E-state index in [2.05, 4.69) is 113 Å². The van der Waals surface area contributed by atoms with Gasteiger partial charge in [0.05, 0.1) is 0 Å². The summed E-state index contributed by atoms with van der Waals surface area (Å²) in [6.07, 6.45) is 2.08. The molecule has 32 heavy (non-hydrogen) atoms. The zero-order chi connectivity index (χ0) is 25.1. The summed E-state index contributed by atoms with van der Waals surface area (Å²) in [5.41, 5.74) is 4.88. The van der Waals surface area contributed by atoms with Crippen LogP contribution in [0.3, 0.4) is 0 Å². The van der Waals surface area contributed by atoms with E-state index in [0.717, 1.165) is 12.3 Å². The smallest absolute Gasteiger partial charge is 0.170 e. The molecule has 0 saturated carbocycles. The number of aromatic nitrogens is 1. The quantitative estimate of drug-likeness (QED) is 0.226. The molecule has 0 bridgehead atoms. The van der Waals surface area contributed by atoms with E-state index in [-0.39, 0.29) is 0 Å². The average molecular weight is 514 g/mol. The molecule has 1 aromatic rings. The van der Waals surface area contributed by atoms with Gasteiger partial charge < -0.3 is 8.82 Å². The summed E-state index contributed by atoms with van der Waals surface area (Å²) in [5.74, 6) is 0. The van der Waals surface area contributed by atoms with Crippen molar-refractivity contribution in [1.82, 2.24) is 4.98 Å². The van der Waals surface area contributed by atoms with Gasteiger partial charge in [-0.05, 0) is 48.9 Å².